The first-order chi connectivity index (χ1) is 9.16. The molecular formula is C15H10FNO2. The maximum absolute atomic E-state index is 13.1. The third kappa shape index (κ3) is 1.91. The summed E-state index contributed by atoms with van der Waals surface area (Å²) in [5.74, 6) is -1.04. The summed E-state index contributed by atoms with van der Waals surface area (Å²) in [5, 5.41) is 0. The number of amides is 2. The van der Waals surface area contributed by atoms with Crippen molar-refractivity contribution in [2.75, 3.05) is 0 Å². The highest BCUT2D eigenvalue weighted by Crippen LogP contribution is 2.24. The topological polar surface area (TPSA) is 37.4 Å². The summed E-state index contributed by atoms with van der Waals surface area (Å²) in [6, 6.07) is 12.6. The monoisotopic (exact) mass is 255 g/mol. The Morgan fingerprint density at radius 2 is 1.53 bits per heavy atom. The van der Waals surface area contributed by atoms with Gasteiger partial charge in [-0.15, -0.1) is 0 Å². The molecule has 3 rings (SSSR count). The summed E-state index contributed by atoms with van der Waals surface area (Å²) in [6.07, 6.45) is 0. The molecule has 0 aromatic heterocycles. The van der Waals surface area contributed by atoms with Crippen molar-refractivity contribution >= 4 is 11.8 Å². The highest BCUT2D eigenvalue weighted by atomic mass is 19.1. The molecule has 2 aromatic carbocycles. The van der Waals surface area contributed by atoms with Crippen molar-refractivity contribution in [1.82, 2.24) is 4.90 Å². The van der Waals surface area contributed by atoms with Gasteiger partial charge >= 0.3 is 0 Å². The maximum atomic E-state index is 13.1. The molecule has 4 heteroatoms. The fourth-order valence-electron chi connectivity index (χ4n) is 2.20. The van der Waals surface area contributed by atoms with Gasteiger partial charge in [-0.3, -0.25) is 14.5 Å². The Kier molecular flexibility index (Phi) is 2.63. The van der Waals surface area contributed by atoms with Gasteiger partial charge in [0.2, 0.25) is 0 Å². The Labute approximate surface area is 109 Å². The van der Waals surface area contributed by atoms with Crippen LogP contribution in [-0.4, -0.2) is 16.7 Å². The van der Waals surface area contributed by atoms with Crippen molar-refractivity contribution in [3.63, 3.8) is 0 Å². The average molecular weight is 255 g/mol. The van der Waals surface area contributed by atoms with Crippen LogP contribution in [-0.2, 0) is 6.54 Å². The third-order valence-electron chi connectivity index (χ3n) is 3.11. The Bertz CT molecular complexity index is 646. The van der Waals surface area contributed by atoms with E-state index in [-0.39, 0.29) is 24.2 Å². The Morgan fingerprint density at radius 1 is 0.895 bits per heavy atom. The summed E-state index contributed by atoms with van der Waals surface area (Å²) in [7, 11) is 0. The van der Waals surface area contributed by atoms with Gasteiger partial charge in [-0.25, -0.2) is 4.39 Å². The first kappa shape index (κ1) is 11.6. The summed E-state index contributed by atoms with van der Waals surface area (Å²) in [6.45, 7) is 0.0874. The molecular weight excluding hydrogens is 245 g/mol. The van der Waals surface area contributed by atoms with Gasteiger partial charge in [-0.1, -0.05) is 24.3 Å². The van der Waals surface area contributed by atoms with Crippen molar-refractivity contribution in [1.29, 1.82) is 0 Å². The highest BCUT2D eigenvalue weighted by molar-refractivity contribution is 6.21. The molecule has 0 atom stereocenters. The second-order valence-electron chi connectivity index (χ2n) is 4.37. The highest BCUT2D eigenvalue weighted by Gasteiger charge is 2.34. The molecule has 2 aromatic rings. The van der Waals surface area contributed by atoms with Gasteiger partial charge in [0.15, 0.2) is 0 Å². The van der Waals surface area contributed by atoms with Crippen molar-refractivity contribution in [2.45, 2.75) is 6.54 Å². The van der Waals surface area contributed by atoms with Gasteiger partial charge in [-0.05, 0) is 29.8 Å². The SMILES string of the molecule is O=C1c2ccccc2C(=O)N1Cc1cccc(F)c1. The largest absolute Gasteiger partial charge is 0.270 e. The minimum atomic E-state index is -0.380. The van der Waals surface area contributed by atoms with Gasteiger partial charge in [0.1, 0.15) is 5.82 Å². The molecule has 94 valence electrons. The van der Waals surface area contributed by atoms with E-state index in [1.807, 2.05) is 0 Å². The lowest BCUT2D eigenvalue weighted by Crippen LogP contribution is -2.29. The third-order valence-corrected chi connectivity index (χ3v) is 3.11. The quantitative estimate of drug-likeness (QED) is 0.773. The number of hydrogen-bond acceptors (Lipinski definition) is 2. The lowest BCUT2D eigenvalue weighted by molar-refractivity contribution is 0.0642. The number of rotatable bonds is 2. The zero-order valence-corrected chi connectivity index (χ0v) is 9.97. The molecule has 1 aliphatic rings. The zero-order chi connectivity index (χ0) is 13.4. The first-order valence-corrected chi connectivity index (χ1v) is 5.86. The Balaban J connectivity index is 1.92. The van der Waals surface area contributed by atoms with Gasteiger partial charge in [0, 0.05) is 0 Å². The fraction of sp³-hybridized carbons (Fsp3) is 0.0667. The summed E-state index contributed by atoms with van der Waals surface area (Å²) in [5.41, 5.74) is 1.40. The van der Waals surface area contributed by atoms with E-state index >= 15 is 0 Å². The van der Waals surface area contributed by atoms with E-state index in [9.17, 15) is 14.0 Å². The first-order valence-electron chi connectivity index (χ1n) is 5.86. The second-order valence-corrected chi connectivity index (χ2v) is 4.37. The van der Waals surface area contributed by atoms with Crippen LogP contribution in [0.15, 0.2) is 48.5 Å². The standard InChI is InChI=1S/C15H10FNO2/c16-11-5-3-4-10(8-11)9-17-14(18)12-6-1-2-7-13(12)15(17)19/h1-8H,9H2. The molecule has 0 saturated carbocycles. The van der Waals surface area contributed by atoms with Crippen LogP contribution in [0.5, 0.6) is 0 Å². The summed E-state index contributed by atoms with van der Waals surface area (Å²) < 4.78 is 13.1. The normalized spacial score (nSPS) is 13.8. The predicted molar refractivity (Wildman–Crippen MR) is 67.0 cm³/mol. The number of halogens is 1. The minimum absolute atomic E-state index is 0.0874. The molecule has 19 heavy (non-hydrogen) atoms. The van der Waals surface area contributed by atoms with Crippen molar-refractivity contribution in [3.8, 4) is 0 Å². The molecule has 0 spiro atoms. The van der Waals surface area contributed by atoms with E-state index in [1.54, 1.807) is 36.4 Å². The van der Waals surface area contributed by atoms with E-state index in [0.717, 1.165) is 4.90 Å². The molecule has 0 radical (unpaired) electrons. The van der Waals surface area contributed by atoms with Crippen LogP contribution < -0.4 is 0 Å². The van der Waals surface area contributed by atoms with Gasteiger partial charge < -0.3 is 0 Å². The van der Waals surface area contributed by atoms with Gasteiger partial charge in [-0.2, -0.15) is 0 Å². The summed E-state index contributed by atoms with van der Waals surface area (Å²) >= 11 is 0. The van der Waals surface area contributed by atoms with Crippen LogP contribution in [0.2, 0.25) is 0 Å². The number of carbonyl (C=O) groups is 2. The number of hydrogen-bond donors (Lipinski definition) is 0. The molecule has 1 heterocycles. The number of fused-ring (bicyclic) bond motifs is 1. The smallest absolute Gasteiger partial charge is 0.261 e. The van der Waals surface area contributed by atoms with E-state index < -0.39 is 0 Å². The van der Waals surface area contributed by atoms with Gasteiger partial charge in [0.05, 0.1) is 17.7 Å². The number of carbonyl (C=O) groups excluding carboxylic acids is 2. The van der Waals surface area contributed by atoms with Crippen molar-refractivity contribution in [3.05, 3.63) is 71.0 Å². The molecule has 0 aliphatic carbocycles. The molecule has 1 aliphatic heterocycles. The van der Waals surface area contributed by atoms with Crippen LogP contribution in [0.3, 0.4) is 0 Å². The van der Waals surface area contributed by atoms with Crippen LogP contribution in [0.25, 0.3) is 0 Å². The van der Waals surface area contributed by atoms with Crippen LogP contribution in [0.4, 0.5) is 4.39 Å². The molecule has 0 bridgehead atoms. The number of nitrogens with zero attached hydrogens (tertiary/aromatic N) is 1. The lowest BCUT2D eigenvalue weighted by atomic mass is 10.1. The van der Waals surface area contributed by atoms with E-state index in [1.165, 1.54) is 12.1 Å². The Morgan fingerprint density at radius 3 is 2.11 bits per heavy atom. The van der Waals surface area contributed by atoms with E-state index in [0.29, 0.717) is 16.7 Å². The van der Waals surface area contributed by atoms with E-state index in [2.05, 4.69) is 0 Å². The molecule has 0 fully saturated rings. The molecule has 0 unspecified atom stereocenters. The molecule has 0 saturated heterocycles. The van der Waals surface area contributed by atoms with Crippen LogP contribution >= 0.6 is 0 Å². The fourth-order valence-corrected chi connectivity index (χ4v) is 2.20. The van der Waals surface area contributed by atoms with Crippen molar-refractivity contribution < 1.29 is 14.0 Å². The lowest BCUT2D eigenvalue weighted by Gasteiger charge is -2.13. The molecule has 0 N–H and O–H groups in total. The minimum Gasteiger partial charge on any atom is -0.270 e. The molecule has 3 nitrogen and oxygen atoms in total. The van der Waals surface area contributed by atoms with Crippen LogP contribution in [0, 0.1) is 5.82 Å². The van der Waals surface area contributed by atoms with Crippen molar-refractivity contribution in [2.24, 2.45) is 0 Å². The van der Waals surface area contributed by atoms with Crippen LogP contribution in [0.1, 0.15) is 26.3 Å². The molecule has 2 amide bonds. The maximum Gasteiger partial charge on any atom is 0.261 e. The van der Waals surface area contributed by atoms with Gasteiger partial charge in [0.25, 0.3) is 11.8 Å². The number of benzene rings is 2. The predicted octanol–water partition coefficient (Wildman–Crippen LogP) is 2.62. The number of imide groups is 1. The zero-order valence-electron chi connectivity index (χ0n) is 9.97. The summed E-state index contributed by atoms with van der Waals surface area (Å²) in [4.78, 5) is 25.4. The Hall–Kier alpha value is -2.49. The second kappa shape index (κ2) is 4.31. The van der Waals surface area contributed by atoms with E-state index in [4.69, 9.17) is 0 Å². The average Bonchev–Trinajstić information content (AvgIpc) is 2.65.